The Labute approximate surface area is 135 Å². The Balaban J connectivity index is 2.01. The largest absolute Gasteiger partial charge is 0.399 e. The fraction of sp³-hybridized carbons (Fsp3) is 0. The summed E-state index contributed by atoms with van der Waals surface area (Å²) in [6.45, 7) is 0. The summed E-state index contributed by atoms with van der Waals surface area (Å²) in [6.07, 6.45) is 4.87. The Hall–Kier alpha value is -2.18. The second-order valence-corrected chi connectivity index (χ2v) is 5.80. The Morgan fingerprint density at radius 3 is 2.73 bits per heavy atom. The van der Waals surface area contributed by atoms with E-state index < -0.39 is 0 Å². The fourth-order valence-electron chi connectivity index (χ4n) is 1.87. The van der Waals surface area contributed by atoms with Crippen LogP contribution < -0.4 is 5.73 Å². The van der Waals surface area contributed by atoms with Crippen molar-refractivity contribution in [1.29, 1.82) is 0 Å². The van der Waals surface area contributed by atoms with Gasteiger partial charge in [0.15, 0.2) is 0 Å². The normalized spacial score (nSPS) is 10.6. The van der Waals surface area contributed by atoms with E-state index in [2.05, 4.69) is 15.0 Å². The first-order valence-corrected chi connectivity index (χ1v) is 7.49. The van der Waals surface area contributed by atoms with Crippen LogP contribution in [0.4, 0.5) is 10.1 Å². The van der Waals surface area contributed by atoms with Crippen molar-refractivity contribution < 1.29 is 4.39 Å². The van der Waals surface area contributed by atoms with Gasteiger partial charge in [-0.25, -0.2) is 14.4 Å². The van der Waals surface area contributed by atoms with Crippen molar-refractivity contribution in [2.45, 2.75) is 9.79 Å². The van der Waals surface area contributed by atoms with E-state index >= 15 is 0 Å². The van der Waals surface area contributed by atoms with Crippen molar-refractivity contribution >= 4 is 29.1 Å². The number of pyridine rings is 1. The molecule has 0 aliphatic carbocycles. The van der Waals surface area contributed by atoms with E-state index in [1.807, 2.05) is 0 Å². The van der Waals surface area contributed by atoms with Crippen LogP contribution in [-0.2, 0) is 0 Å². The van der Waals surface area contributed by atoms with Gasteiger partial charge < -0.3 is 5.73 Å². The van der Waals surface area contributed by atoms with Gasteiger partial charge in [-0.1, -0.05) is 11.8 Å². The van der Waals surface area contributed by atoms with Crippen LogP contribution in [0.15, 0.2) is 58.7 Å². The van der Waals surface area contributed by atoms with Gasteiger partial charge in [0.05, 0.1) is 5.69 Å². The predicted octanol–water partition coefficient (Wildman–Crippen LogP) is 4.06. The van der Waals surface area contributed by atoms with E-state index in [-0.39, 0.29) is 11.1 Å². The Morgan fingerprint density at radius 1 is 1.09 bits per heavy atom. The first kappa shape index (κ1) is 14.7. The van der Waals surface area contributed by atoms with Crippen LogP contribution in [-0.4, -0.2) is 15.0 Å². The molecule has 0 unspecified atom stereocenters. The molecule has 0 radical (unpaired) electrons. The van der Waals surface area contributed by atoms with E-state index in [0.717, 1.165) is 10.5 Å². The molecule has 0 aliphatic heterocycles. The lowest BCUT2D eigenvalue weighted by Gasteiger charge is -2.09. The third-order valence-electron chi connectivity index (χ3n) is 2.86. The maximum atomic E-state index is 14.0. The van der Waals surface area contributed by atoms with Crippen molar-refractivity contribution in [3.05, 3.63) is 60.0 Å². The molecule has 22 heavy (non-hydrogen) atoms. The highest BCUT2D eigenvalue weighted by Crippen LogP contribution is 2.36. The first-order chi connectivity index (χ1) is 10.6. The topological polar surface area (TPSA) is 64.7 Å². The van der Waals surface area contributed by atoms with Gasteiger partial charge in [0.1, 0.15) is 5.82 Å². The van der Waals surface area contributed by atoms with Gasteiger partial charge in [0.25, 0.3) is 0 Å². The summed E-state index contributed by atoms with van der Waals surface area (Å²) in [5.74, 6) is -0.367. The van der Waals surface area contributed by atoms with E-state index in [0.29, 0.717) is 16.3 Å². The number of hydrogen-bond acceptors (Lipinski definition) is 5. The highest BCUT2D eigenvalue weighted by molar-refractivity contribution is 7.99. The highest BCUT2D eigenvalue weighted by Gasteiger charge is 2.11. The molecule has 0 atom stereocenters. The molecule has 0 amide bonds. The van der Waals surface area contributed by atoms with Crippen molar-refractivity contribution in [2.75, 3.05) is 5.73 Å². The highest BCUT2D eigenvalue weighted by atomic mass is 35.5. The van der Waals surface area contributed by atoms with Crippen LogP contribution in [0.1, 0.15) is 0 Å². The number of nitrogen functional groups attached to an aromatic ring is 1. The molecule has 4 nitrogen and oxygen atoms in total. The molecular formula is C15H10ClFN4S. The minimum Gasteiger partial charge on any atom is -0.399 e. The summed E-state index contributed by atoms with van der Waals surface area (Å²) in [4.78, 5) is 13.4. The molecule has 0 fully saturated rings. The molecule has 3 aromatic rings. The third-order valence-corrected chi connectivity index (χ3v) is 4.17. The number of hydrogen-bond donors (Lipinski definition) is 1. The molecule has 0 saturated carbocycles. The van der Waals surface area contributed by atoms with Crippen molar-refractivity contribution in [2.24, 2.45) is 0 Å². The Morgan fingerprint density at radius 2 is 1.95 bits per heavy atom. The molecule has 0 aliphatic rings. The van der Waals surface area contributed by atoms with Crippen molar-refractivity contribution in [3.63, 3.8) is 0 Å². The average molecular weight is 333 g/mol. The van der Waals surface area contributed by atoms with Gasteiger partial charge in [-0.3, -0.25) is 4.98 Å². The monoisotopic (exact) mass is 332 g/mol. The van der Waals surface area contributed by atoms with Crippen LogP contribution in [0, 0.1) is 5.82 Å². The van der Waals surface area contributed by atoms with Gasteiger partial charge >= 0.3 is 0 Å². The molecule has 1 aromatic carbocycles. The molecule has 2 heterocycles. The van der Waals surface area contributed by atoms with Gasteiger partial charge in [0, 0.05) is 39.6 Å². The number of halogens is 2. The summed E-state index contributed by atoms with van der Waals surface area (Å²) in [7, 11) is 0. The minimum atomic E-state index is -0.367. The minimum absolute atomic E-state index is 0.149. The lowest BCUT2D eigenvalue weighted by molar-refractivity contribution is 0.603. The number of rotatable bonds is 3. The van der Waals surface area contributed by atoms with Gasteiger partial charge in [-0.15, -0.1) is 0 Å². The Kier molecular flexibility index (Phi) is 4.22. The molecule has 0 saturated heterocycles. The van der Waals surface area contributed by atoms with Crippen LogP contribution in [0.2, 0.25) is 5.28 Å². The molecule has 2 aromatic heterocycles. The number of benzene rings is 1. The van der Waals surface area contributed by atoms with Crippen molar-refractivity contribution in [3.8, 4) is 11.3 Å². The fourth-order valence-corrected chi connectivity index (χ4v) is 2.94. The summed E-state index contributed by atoms with van der Waals surface area (Å²) >= 11 is 7.10. The quantitative estimate of drug-likeness (QED) is 0.578. The number of nitrogens with two attached hydrogens (primary N) is 1. The molecule has 3 rings (SSSR count). The first-order valence-electron chi connectivity index (χ1n) is 6.29. The maximum absolute atomic E-state index is 14.0. The predicted molar refractivity (Wildman–Crippen MR) is 85.2 cm³/mol. The zero-order valence-corrected chi connectivity index (χ0v) is 12.8. The molecule has 110 valence electrons. The zero-order valence-electron chi connectivity index (χ0n) is 11.2. The molecule has 2 N–H and O–H groups in total. The van der Waals surface area contributed by atoms with Crippen LogP contribution >= 0.6 is 23.4 Å². The van der Waals surface area contributed by atoms with Gasteiger partial charge in [-0.05, 0) is 41.9 Å². The second-order valence-electron chi connectivity index (χ2n) is 4.37. The summed E-state index contributed by atoms with van der Waals surface area (Å²) in [6, 6.07) is 8.13. The van der Waals surface area contributed by atoms with E-state index in [1.54, 1.807) is 42.9 Å². The molecule has 0 bridgehead atoms. The summed E-state index contributed by atoms with van der Waals surface area (Å²) in [5.41, 5.74) is 7.34. The van der Waals surface area contributed by atoms with E-state index in [1.165, 1.54) is 17.8 Å². The third kappa shape index (κ3) is 3.18. The average Bonchev–Trinajstić information content (AvgIpc) is 2.50. The van der Waals surface area contributed by atoms with E-state index in [9.17, 15) is 4.39 Å². The van der Waals surface area contributed by atoms with Gasteiger partial charge in [0.2, 0.25) is 5.28 Å². The molecular weight excluding hydrogens is 323 g/mol. The van der Waals surface area contributed by atoms with Crippen molar-refractivity contribution in [1.82, 2.24) is 15.0 Å². The lowest BCUT2D eigenvalue weighted by Crippen LogP contribution is -1.91. The van der Waals surface area contributed by atoms with Crippen LogP contribution in [0.25, 0.3) is 11.3 Å². The smallest absolute Gasteiger partial charge is 0.222 e. The Bertz CT molecular complexity index is 828. The SMILES string of the molecule is Nc1ccc(Sc2ccncc2-c2ccnc(Cl)n2)c(F)c1. The lowest BCUT2D eigenvalue weighted by atomic mass is 10.2. The van der Waals surface area contributed by atoms with Crippen LogP contribution in [0.5, 0.6) is 0 Å². The molecule has 0 spiro atoms. The molecule has 7 heteroatoms. The van der Waals surface area contributed by atoms with Crippen LogP contribution in [0.3, 0.4) is 0 Å². The van der Waals surface area contributed by atoms with E-state index in [4.69, 9.17) is 17.3 Å². The zero-order chi connectivity index (χ0) is 15.5. The second kappa shape index (κ2) is 6.29. The number of nitrogens with zero attached hydrogens (tertiary/aromatic N) is 3. The number of anilines is 1. The van der Waals surface area contributed by atoms with Gasteiger partial charge in [-0.2, -0.15) is 0 Å². The summed E-state index contributed by atoms with van der Waals surface area (Å²) < 4.78 is 14.0. The standard InChI is InChI=1S/C15H10ClFN4S/c16-15-20-6-3-12(21-15)10-8-19-5-4-13(10)22-14-2-1-9(18)7-11(14)17/h1-8H,18H2. The summed E-state index contributed by atoms with van der Waals surface area (Å²) in [5, 5.41) is 0.149. The number of aromatic nitrogens is 3. The maximum Gasteiger partial charge on any atom is 0.222 e.